The van der Waals surface area contributed by atoms with E-state index >= 15 is 0 Å². The zero-order valence-electron chi connectivity index (χ0n) is 14.6. The first-order chi connectivity index (χ1) is 12.2. The van der Waals surface area contributed by atoms with Crippen LogP contribution in [0.3, 0.4) is 0 Å². The van der Waals surface area contributed by atoms with Crippen molar-refractivity contribution in [2.45, 2.75) is 43.7 Å². The summed E-state index contributed by atoms with van der Waals surface area (Å²) in [7, 11) is 3.98. The average molecular weight is 359 g/mol. The zero-order valence-corrected chi connectivity index (χ0v) is 15.4. The Morgan fingerprint density at radius 1 is 1.12 bits per heavy atom. The number of ether oxygens (including phenoxy) is 2. The standard InChI is InChI=1S/C20H23ClN2O2/c1-23-15-7-8-16(23)11-13(10-15)17-4-3-5-18(20(17)24-2)25-19-9-6-14(21)12-22-19/h3-6,9,12-13,15-16H,7-8,10-11H2,1-2H3. The minimum absolute atomic E-state index is 0.517. The Morgan fingerprint density at radius 2 is 1.88 bits per heavy atom. The van der Waals surface area contributed by atoms with Gasteiger partial charge in [-0.1, -0.05) is 23.7 Å². The molecule has 0 spiro atoms. The van der Waals surface area contributed by atoms with Crippen molar-refractivity contribution < 1.29 is 9.47 Å². The molecule has 2 saturated heterocycles. The van der Waals surface area contributed by atoms with E-state index in [9.17, 15) is 0 Å². The third-order valence-corrected chi connectivity index (χ3v) is 5.89. The molecule has 0 amide bonds. The summed E-state index contributed by atoms with van der Waals surface area (Å²) in [5.74, 6) is 2.57. The fourth-order valence-corrected chi connectivity index (χ4v) is 4.47. The van der Waals surface area contributed by atoms with Gasteiger partial charge in [0.15, 0.2) is 11.5 Å². The second-order valence-corrected chi connectivity index (χ2v) is 7.45. The molecule has 2 aliphatic rings. The van der Waals surface area contributed by atoms with E-state index in [1.165, 1.54) is 31.2 Å². The quantitative estimate of drug-likeness (QED) is 0.780. The van der Waals surface area contributed by atoms with Gasteiger partial charge in [0.1, 0.15) is 0 Å². The van der Waals surface area contributed by atoms with Gasteiger partial charge in [-0.3, -0.25) is 0 Å². The fraction of sp³-hybridized carbons (Fsp3) is 0.450. The molecule has 0 aliphatic carbocycles. The van der Waals surface area contributed by atoms with E-state index in [-0.39, 0.29) is 0 Å². The molecular formula is C20H23ClN2O2. The van der Waals surface area contributed by atoms with Gasteiger partial charge in [0.05, 0.1) is 12.1 Å². The summed E-state index contributed by atoms with van der Waals surface area (Å²) in [5.41, 5.74) is 1.25. The first-order valence-electron chi connectivity index (χ1n) is 8.84. The van der Waals surface area contributed by atoms with Gasteiger partial charge in [-0.25, -0.2) is 4.98 Å². The molecule has 0 saturated carbocycles. The highest BCUT2D eigenvalue weighted by atomic mass is 35.5. The molecule has 1 aromatic heterocycles. The summed E-state index contributed by atoms with van der Waals surface area (Å²) in [5, 5.41) is 0.592. The Balaban J connectivity index is 1.62. The van der Waals surface area contributed by atoms with Crippen molar-refractivity contribution in [2.24, 2.45) is 0 Å². The van der Waals surface area contributed by atoms with Gasteiger partial charge in [0.25, 0.3) is 0 Å². The van der Waals surface area contributed by atoms with Crippen LogP contribution in [-0.4, -0.2) is 36.1 Å². The molecule has 2 bridgehead atoms. The summed E-state index contributed by atoms with van der Waals surface area (Å²) in [4.78, 5) is 6.78. The fourth-order valence-electron chi connectivity index (χ4n) is 4.35. The van der Waals surface area contributed by atoms with Gasteiger partial charge in [-0.05, 0) is 50.8 Å². The number of rotatable bonds is 4. The van der Waals surface area contributed by atoms with Crippen LogP contribution in [0.25, 0.3) is 0 Å². The monoisotopic (exact) mass is 358 g/mol. The summed E-state index contributed by atoms with van der Waals surface area (Å²) in [6, 6.07) is 11.1. The maximum atomic E-state index is 5.97. The highest BCUT2D eigenvalue weighted by Gasteiger charge is 2.39. The van der Waals surface area contributed by atoms with Crippen LogP contribution in [0.5, 0.6) is 17.4 Å². The Kier molecular flexibility index (Phi) is 4.57. The molecule has 132 valence electrons. The molecule has 0 radical (unpaired) electrons. The van der Waals surface area contributed by atoms with Crippen molar-refractivity contribution >= 4 is 11.6 Å². The predicted octanol–water partition coefficient (Wildman–Crippen LogP) is 4.88. The van der Waals surface area contributed by atoms with E-state index in [0.717, 1.165) is 5.75 Å². The number of hydrogen-bond acceptors (Lipinski definition) is 4. The van der Waals surface area contributed by atoms with Gasteiger partial charge in [0.2, 0.25) is 5.88 Å². The van der Waals surface area contributed by atoms with Gasteiger partial charge in [-0.2, -0.15) is 0 Å². The van der Waals surface area contributed by atoms with E-state index < -0.39 is 0 Å². The number of fused-ring (bicyclic) bond motifs is 2. The van der Waals surface area contributed by atoms with E-state index in [1.54, 1.807) is 25.4 Å². The van der Waals surface area contributed by atoms with Crippen molar-refractivity contribution in [1.82, 2.24) is 9.88 Å². The molecule has 2 aromatic rings. The zero-order chi connectivity index (χ0) is 17.4. The molecule has 2 aliphatic heterocycles. The number of methoxy groups -OCH3 is 1. The number of pyridine rings is 1. The highest BCUT2D eigenvalue weighted by Crippen LogP contribution is 2.47. The Labute approximate surface area is 153 Å². The smallest absolute Gasteiger partial charge is 0.219 e. The van der Waals surface area contributed by atoms with Crippen molar-refractivity contribution in [3.8, 4) is 17.4 Å². The molecule has 25 heavy (non-hydrogen) atoms. The number of piperidine rings is 1. The van der Waals surface area contributed by atoms with Crippen molar-refractivity contribution in [3.63, 3.8) is 0 Å². The molecule has 4 rings (SSSR count). The molecule has 2 unspecified atom stereocenters. The number of halogens is 1. The lowest BCUT2D eigenvalue weighted by molar-refractivity contribution is 0.160. The molecule has 0 N–H and O–H groups in total. The molecule has 2 atom stereocenters. The summed E-state index contributed by atoms with van der Waals surface area (Å²) >= 11 is 5.90. The lowest BCUT2D eigenvalue weighted by Crippen LogP contribution is -2.39. The molecule has 1 aromatic carbocycles. The summed E-state index contributed by atoms with van der Waals surface area (Å²) in [6.45, 7) is 0. The molecule has 5 heteroatoms. The topological polar surface area (TPSA) is 34.6 Å². The van der Waals surface area contributed by atoms with Crippen molar-refractivity contribution in [1.29, 1.82) is 0 Å². The summed E-state index contributed by atoms with van der Waals surface area (Å²) < 4.78 is 11.7. The number of para-hydroxylation sites is 1. The van der Waals surface area contributed by atoms with Crippen LogP contribution in [0.1, 0.15) is 37.2 Å². The van der Waals surface area contributed by atoms with Gasteiger partial charge >= 0.3 is 0 Å². The minimum atomic E-state index is 0.517. The third kappa shape index (κ3) is 3.21. The number of hydrogen-bond donors (Lipinski definition) is 0. The van der Waals surface area contributed by atoms with Gasteiger partial charge in [-0.15, -0.1) is 0 Å². The maximum absolute atomic E-state index is 5.97. The number of aromatic nitrogens is 1. The molecule has 3 heterocycles. The minimum Gasteiger partial charge on any atom is -0.493 e. The van der Waals surface area contributed by atoms with E-state index in [4.69, 9.17) is 21.1 Å². The SMILES string of the molecule is COc1c(Oc2ccc(Cl)cn2)cccc1C1CC2CCC(C1)N2C. The molecule has 4 nitrogen and oxygen atoms in total. The maximum Gasteiger partial charge on any atom is 0.219 e. The van der Waals surface area contributed by atoms with Crippen LogP contribution in [0.4, 0.5) is 0 Å². The van der Waals surface area contributed by atoms with Gasteiger partial charge in [0, 0.05) is 29.9 Å². The van der Waals surface area contributed by atoms with E-state index in [1.807, 2.05) is 12.1 Å². The van der Waals surface area contributed by atoms with Crippen LogP contribution in [0.15, 0.2) is 36.5 Å². The lowest BCUT2D eigenvalue weighted by Gasteiger charge is -2.37. The van der Waals surface area contributed by atoms with Crippen molar-refractivity contribution in [3.05, 3.63) is 47.1 Å². The Morgan fingerprint density at radius 3 is 2.52 bits per heavy atom. The van der Waals surface area contributed by atoms with Crippen LogP contribution < -0.4 is 9.47 Å². The average Bonchev–Trinajstić information content (AvgIpc) is 2.84. The lowest BCUT2D eigenvalue weighted by atomic mass is 9.84. The van der Waals surface area contributed by atoms with Crippen LogP contribution in [0.2, 0.25) is 5.02 Å². The molecule has 2 fully saturated rings. The van der Waals surface area contributed by atoms with Crippen LogP contribution in [0, 0.1) is 0 Å². The summed E-state index contributed by atoms with van der Waals surface area (Å²) in [6.07, 6.45) is 6.58. The van der Waals surface area contributed by atoms with Crippen molar-refractivity contribution in [2.75, 3.05) is 14.2 Å². The van der Waals surface area contributed by atoms with E-state index in [0.29, 0.717) is 34.7 Å². The Bertz CT molecular complexity index is 736. The van der Waals surface area contributed by atoms with E-state index in [2.05, 4.69) is 23.0 Å². The first kappa shape index (κ1) is 16.7. The number of nitrogens with zero attached hydrogens (tertiary/aromatic N) is 2. The van der Waals surface area contributed by atoms with Crippen LogP contribution >= 0.6 is 11.6 Å². The Hall–Kier alpha value is -1.78. The number of benzene rings is 1. The predicted molar refractivity (Wildman–Crippen MR) is 98.9 cm³/mol. The second-order valence-electron chi connectivity index (χ2n) is 7.01. The first-order valence-corrected chi connectivity index (χ1v) is 9.21. The second kappa shape index (κ2) is 6.85. The van der Waals surface area contributed by atoms with Gasteiger partial charge < -0.3 is 14.4 Å². The highest BCUT2D eigenvalue weighted by molar-refractivity contribution is 6.30. The molecular weight excluding hydrogens is 336 g/mol. The largest absolute Gasteiger partial charge is 0.493 e. The normalized spacial score (nSPS) is 25.8. The van der Waals surface area contributed by atoms with Crippen LogP contribution in [-0.2, 0) is 0 Å². The third-order valence-electron chi connectivity index (χ3n) is 5.67.